The van der Waals surface area contributed by atoms with Crippen LogP contribution < -0.4 is 11.2 Å². The van der Waals surface area contributed by atoms with Gasteiger partial charge in [-0.2, -0.15) is 0 Å². The van der Waals surface area contributed by atoms with Crippen LogP contribution in [0.5, 0.6) is 0 Å². The maximum Gasteiger partial charge on any atom is 0.253 e. The first-order valence-corrected chi connectivity index (χ1v) is 12.5. The van der Waals surface area contributed by atoms with E-state index in [1.807, 2.05) is 60.4 Å². The minimum atomic E-state index is -0.464. The number of hydrogen-bond acceptors (Lipinski definition) is 5. The Labute approximate surface area is 212 Å². The molecule has 36 heavy (non-hydrogen) atoms. The van der Waals surface area contributed by atoms with Gasteiger partial charge in [-0.05, 0) is 60.2 Å². The molecule has 188 valence electrons. The summed E-state index contributed by atoms with van der Waals surface area (Å²) in [5.41, 5.74) is 5.08. The maximum absolute atomic E-state index is 13.3. The number of fused-ring (bicyclic) bond motifs is 1. The van der Waals surface area contributed by atoms with E-state index in [4.69, 9.17) is 5.84 Å². The number of nitrogens with two attached hydrogens (primary N) is 1. The summed E-state index contributed by atoms with van der Waals surface area (Å²) in [7, 11) is 0. The number of benzene rings is 2. The normalized spacial score (nSPS) is 17.2. The number of anilines is 1. The molecule has 0 bridgehead atoms. The Morgan fingerprint density at radius 2 is 1.89 bits per heavy atom. The number of hydrogen-bond donors (Lipinski definition) is 2. The van der Waals surface area contributed by atoms with Crippen LogP contribution in [-0.4, -0.2) is 54.0 Å². The molecule has 0 spiro atoms. The Balaban J connectivity index is 1.62. The Hall–Kier alpha value is -3.94. The molecular weight excluding hydrogens is 452 g/mol. The smallest absolute Gasteiger partial charge is 0.253 e. The molecule has 8 heteroatoms. The zero-order chi connectivity index (χ0) is 25.5. The molecule has 1 fully saturated rings. The highest BCUT2D eigenvalue weighted by molar-refractivity contribution is 5.99. The van der Waals surface area contributed by atoms with E-state index in [1.165, 1.54) is 0 Å². The first-order valence-electron chi connectivity index (χ1n) is 12.5. The van der Waals surface area contributed by atoms with Crippen molar-refractivity contribution >= 4 is 23.6 Å². The van der Waals surface area contributed by atoms with Crippen molar-refractivity contribution in [2.75, 3.05) is 31.5 Å². The van der Waals surface area contributed by atoms with Crippen molar-refractivity contribution in [3.63, 3.8) is 0 Å². The predicted molar refractivity (Wildman–Crippen MR) is 143 cm³/mol. The lowest BCUT2D eigenvalue weighted by Gasteiger charge is -2.22. The minimum Gasteiger partial charge on any atom is -0.361 e. The van der Waals surface area contributed by atoms with Gasteiger partial charge in [0.15, 0.2) is 0 Å². The number of amides is 2. The van der Waals surface area contributed by atoms with Crippen molar-refractivity contribution < 1.29 is 9.59 Å². The summed E-state index contributed by atoms with van der Waals surface area (Å²) in [5.74, 6) is 5.43. The summed E-state index contributed by atoms with van der Waals surface area (Å²) in [6, 6.07) is 13.8. The monoisotopic (exact) mass is 486 g/mol. The van der Waals surface area contributed by atoms with Crippen LogP contribution >= 0.6 is 0 Å². The van der Waals surface area contributed by atoms with Crippen LogP contribution in [0.1, 0.15) is 48.5 Å². The molecule has 0 aromatic heterocycles. The van der Waals surface area contributed by atoms with Crippen molar-refractivity contribution in [1.82, 2.24) is 9.80 Å². The fourth-order valence-electron chi connectivity index (χ4n) is 4.78. The summed E-state index contributed by atoms with van der Waals surface area (Å²) in [5, 5.41) is 11.0. The second-order valence-electron chi connectivity index (χ2n) is 9.18. The maximum atomic E-state index is 13.3. The summed E-state index contributed by atoms with van der Waals surface area (Å²) in [6.07, 6.45) is 6.57. The third-order valence-corrected chi connectivity index (χ3v) is 6.59. The van der Waals surface area contributed by atoms with E-state index in [0.29, 0.717) is 30.6 Å². The topological polar surface area (TPSA) is 103 Å². The van der Waals surface area contributed by atoms with Crippen molar-refractivity contribution in [2.45, 2.75) is 38.8 Å². The van der Waals surface area contributed by atoms with Gasteiger partial charge < -0.3 is 21.0 Å². The molecule has 0 radical (unpaired) electrons. The van der Waals surface area contributed by atoms with Gasteiger partial charge in [-0.1, -0.05) is 42.5 Å². The molecule has 1 unspecified atom stereocenters. The molecule has 2 heterocycles. The molecule has 3 N–H and O–H groups in total. The number of nitrogens with one attached hydrogen (secondary N) is 1. The fraction of sp³-hybridized carbons (Fsp3) is 0.357. The quantitative estimate of drug-likeness (QED) is 0.241. The summed E-state index contributed by atoms with van der Waals surface area (Å²) < 4.78 is 0. The van der Waals surface area contributed by atoms with Gasteiger partial charge in [0, 0.05) is 49.4 Å². The molecule has 0 aliphatic carbocycles. The Kier molecular flexibility index (Phi) is 8.15. The van der Waals surface area contributed by atoms with Gasteiger partial charge in [-0.15, -0.1) is 11.7 Å². The first-order chi connectivity index (χ1) is 17.5. The number of nitrogens with zero attached hydrogens (tertiary/aromatic N) is 4. The molecule has 2 aromatic rings. The highest BCUT2D eigenvalue weighted by Gasteiger charge is 2.25. The van der Waals surface area contributed by atoms with E-state index in [-0.39, 0.29) is 11.8 Å². The lowest BCUT2D eigenvalue weighted by Crippen LogP contribution is -2.34. The summed E-state index contributed by atoms with van der Waals surface area (Å²) in [4.78, 5) is 29.7. The van der Waals surface area contributed by atoms with Gasteiger partial charge >= 0.3 is 0 Å². The minimum absolute atomic E-state index is 0.0362. The largest absolute Gasteiger partial charge is 0.361 e. The summed E-state index contributed by atoms with van der Waals surface area (Å²) >= 11 is 0. The zero-order valence-electron chi connectivity index (χ0n) is 20.8. The van der Waals surface area contributed by atoms with E-state index in [0.717, 1.165) is 54.7 Å². The highest BCUT2D eigenvalue weighted by atomic mass is 16.2. The first kappa shape index (κ1) is 25.2. The number of rotatable bonds is 8. The van der Waals surface area contributed by atoms with Crippen LogP contribution in [-0.2, 0) is 4.79 Å². The van der Waals surface area contributed by atoms with E-state index in [1.54, 1.807) is 11.0 Å². The van der Waals surface area contributed by atoms with Crippen molar-refractivity contribution in [3.8, 4) is 11.1 Å². The third kappa shape index (κ3) is 5.64. The molecule has 2 aromatic carbocycles. The van der Waals surface area contributed by atoms with Gasteiger partial charge in [-0.25, -0.2) is 0 Å². The van der Waals surface area contributed by atoms with Crippen molar-refractivity contribution in [3.05, 3.63) is 71.8 Å². The van der Waals surface area contributed by atoms with Crippen LogP contribution in [0.25, 0.3) is 17.2 Å². The Bertz CT molecular complexity index is 1170. The number of carbonyl (C=O) groups is 2. The molecule has 4 rings (SSSR count). The van der Waals surface area contributed by atoms with Gasteiger partial charge in [0.1, 0.15) is 6.17 Å². The highest BCUT2D eigenvalue weighted by Crippen LogP contribution is 2.32. The molecule has 1 atom stereocenters. The molecule has 2 aliphatic heterocycles. The SMILES string of the molecule is C=CCN(CCC)C(=O)C1=Cc2ccc(-c3ccc(C(=O)N4CCCC4)cc3)cc2NC(N=NN)C1. The lowest BCUT2D eigenvalue weighted by atomic mass is 10.00. The van der Waals surface area contributed by atoms with Gasteiger partial charge in [0.25, 0.3) is 5.91 Å². The van der Waals surface area contributed by atoms with Gasteiger partial charge in [0.2, 0.25) is 5.91 Å². The third-order valence-electron chi connectivity index (χ3n) is 6.59. The molecule has 2 amide bonds. The van der Waals surface area contributed by atoms with Gasteiger partial charge in [-0.3, -0.25) is 9.59 Å². The molecular formula is C28H34N6O2. The second kappa shape index (κ2) is 11.7. The predicted octanol–water partition coefficient (Wildman–Crippen LogP) is 4.87. The average molecular weight is 487 g/mol. The van der Waals surface area contributed by atoms with Crippen LogP contribution in [0.4, 0.5) is 5.69 Å². The Morgan fingerprint density at radius 1 is 1.17 bits per heavy atom. The Morgan fingerprint density at radius 3 is 2.56 bits per heavy atom. The van der Waals surface area contributed by atoms with Crippen LogP contribution in [0.15, 0.2) is 71.0 Å². The fourth-order valence-corrected chi connectivity index (χ4v) is 4.78. The molecule has 0 saturated carbocycles. The molecule has 8 nitrogen and oxygen atoms in total. The van der Waals surface area contributed by atoms with Crippen LogP contribution in [0.3, 0.4) is 0 Å². The molecule has 1 saturated heterocycles. The van der Waals surface area contributed by atoms with E-state index in [9.17, 15) is 9.59 Å². The number of likely N-dealkylation sites (tertiary alicyclic amines) is 1. The molecule has 2 aliphatic rings. The van der Waals surface area contributed by atoms with Crippen molar-refractivity contribution in [1.29, 1.82) is 0 Å². The second-order valence-corrected chi connectivity index (χ2v) is 9.18. The zero-order valence-corrected chi connectivity index (χ0v) is 20.8. The standard InChI is InChI=1S/C28H34N6O2/c1-3-13-33(14-4-2)28(36)24-17-23-12-11-22(18-25(23)30-26(19-24)31-32-29)20-7-9-21(10-8-20)27(35)34-15-5-6-16-34/h3,7-12,17-18,26,30H,1,4-6,13-16,19H2,2H3,(H2,29,31). The van der Waals surface area contributed by atoms with E-state index >= 15 is 0 Å². The lowest BCUT2D eigenvalue weighted by molar-refractivity contribution is -0.126. The van der Waals surface area contributed by atoms with Crippen LogP contribution in [0, 0.1) is 0 Å². The number of carbonyl (C=O) groups excluding carboxylic acids is 2. The average Bonchev–Trinajstić information content (AvgIpc) is 3.37. The summed E-state index contributed by atoms with van der Waals surface area (Å²) in [6.45, 7) is 8.64. The van der Waals surface area contributed by atoms with E-state index < -0.39 is 6.17 Å². The van der Waals surface area contributed by atoms with Crippen molar-refractivity contribution in [2.24, 2.45) is 16.2 Å². The van der Waals surface area contributed by atoms with Gasteiger partial charge in [0.05, 0.1) is 0 Å². The van der Waals surface area contributed by atoms with Crippen LogP contribution in [0.2, 0.25) is 0 Å². The van der Waals surface area contributed by atoms with E-state index in [2.05, 4.69) is 22.2 Å².